The van der Waals surface area contributed by atoms with Crippen molar-refractivity contribution in [1.29, 1.82) is 0 Å². The lowest BCUT2D eigenvalue weighted by Crippen LogP contribution is -1.99. The van der Waals surface area contributed by atoms with Gasteiger partial charge >= 0.3 is 0 Å². The first kappa shape index (κ1) is 9.27. The molecule has 0 saturated heterocycles. The van der Waals surface area contributed by atoms with Gasteiger partial charge in [0, 0.05) is 11.6 Å². The lowest BCUT2D eigenvalue weighted by atomic mass is 10.6. The summed E-state index contributed by atoms with van der Waals surface area (Å²) in [7, 11) is 0. The molecular formula is C7H11ClN4S. The van der Waals surface area contributed by atoms with E-state index in [-0.39, 0.29) is 0 Å². The second kappa shape index (κ2) is 4.28. The maximum atomic E-state index is 5.58. The predicted molar refractivity (Wildman–Crippen MR) is 52.1 cm³/mol. The summed E-state index contributed by atoms with van der Waals surface area (Å²) in [6.07, 6.45) is 3.44. The number of hydrogen-bond donors (Lipinski definition) is 0. The van der Waals surface area contributed by atoms with Crippen molar-refractivity contribution >= 4 is 23.4 Å². The van der Waals surface area contributed by atoms with Gasteiger partial charge in [-0.25, -0.2) is 4.68 Å². The van der Waals surface area contributed by atoms with Crippen LogP contribution in [0.5, 0.6) is 0 Å². The van der Waals surface area contributed by atoms with E-state index in [2.05, 4.69) is 15.5 Å². The van der Waals surface area contributed by atoms with Crippen LogP contribution in [0.15, 0.2) is 5.16 Å². The molecule has 0 N–H and O–H groups in total. The largest absolute Gasteiger partial charge is 0.217 e. The summed E-state index contributed by atoms with van der Waals surface area (Å²) < 4.78 is 1.93. The quantitative estimate of drug-likeness (QED) is 0.429. The number of halogens is 1. The molecule has 0 aliphatic heterocycles. The molecule has 1 saturated carbocycles. The van der Waals surface area contributed by atoms with Gasteiger partial charge in [0.05, 0.1) is 6.04 Å². The van der Waals surface area contributed by atoms with Crippen LogP contribution in [0.4, 0.5) is 0 Å². The molecule has 0 amide bonds. The molecule has 0 aromatic carbocycles. The van der Waals surface area contributed by atoms with Gasteiger partial charge in [-0.05, 0) is 29.7 Å². The van der Waals surface area contributed by atoms with E-state index in [0.29, 0.717) is 11.9 Å². The molecule has 13 heavy (non-hydrogen) atoms. The van der Waals surface area contributed by atoms with Crippen molar-refractivity contribution in [2.24, 2.45) is 0 Å². The van der Waals surface area contributed by atoms with E-state index >= 15 is 0 Å². The van der Waals surface area contributed by atoms with Gasteiger partial charge in [-0.3, -0.25) is 0 Å². The molecule has 0 atom stereocenters. The molecule has 0 unspecified atom stereocenters. The van der Waals surface area contributed by atoms with Gasteiger partial charge in [0.15, 0.2) is 0 Å². The fourth-order valence-electron chi connectivity index (χ4n) is 1.05. The molecule has 72 valence electrons. The molecule has 1 aromatic rings. The van der Waals surface area contributed by atoms with E-state index in [1.165, 1.54) is 12.8 Å². The second-order valence-electron chi connectivity index (χ2n) is 3.03. The molecular weight excluding hydrogens is 208 g/mol. The highest BCUT2D eigenvalue weighted by molar-refractivity contribution is 7.99. The van der Waals surface area contributed by atoms with Crippen molar-refractivity contribution < 1.29 is 0 Å². The SMILES string of the molecule is ClCCCSc1nnnn1C1CC1. The summed E-state index contributed by atoms with van der Waals surface area (Å²) >= 11 is 7.27. The smallest absolute Gasteiger partial charge is 0.209 e. The number of alkyl halides is 1. The van der Waals surface area contributed by atoms with Crippen molar-refractivity contribution in [3.63, 3.8) is 0 Å². The van der Waals surface area contributed by atoms with Gasteiger partial charge in [-0.1, -0.05) is 11.8 Å². The van der Waals surface area contributed by atoms with Crippen LogP contribution >= 0.6 is 23.4 Å². The third-order valence-corrected chi connectivity index (χ3v) is 3.15. The topological polar surface area (TPSA) is 43.6 Å². The monoisotopic (exact) mass is 218 g/mol. The van der Waals surface area contributed by atoms with E-state index in [4.69, 9.17) is 11.6 Å². The van der Waals surface area contributed by atoms with E-state index in [1.807, 2.05) is 4.68 Å². The maximum Gasteiger partial charge on any atom is 0.209 e. The third kappa shape index (κ3) is 2.34. The van der Waals surface area contributed by atoms with E-state index in [1.54, 1.807) is 11.8 Å². The van der Waals surface area contributed by atoms with Gasteiger partial charge in [-0.15, -0.1) is 16.7 Å². The van der Waals surface area contributed by atoms with Gasteiger partial charge < -0.3 is 0 Å². The Morgan fingerprint density at radius 1 is 1.54 bits per heavy atom. The Bertz CT molecular complexity index is 273. The first-order chi connectivity index (χ1) is 6.42. The van der Waals surface area contributed by atoms with E-state index < -0.39 is 0 Å². The van der Waals surface area contributed by atoms with Crippen LogP contribution in [0.1, 0.15) is 25.3 Å². The van der Waals surface area contributed by atoms with E-state index in [9.17, 15) is 0 Å². The number of hydrogen-bond acceptors (Lipinski definition) is 4. The van der Waals surface area contributed by atoms with Crippen LogP contribution in [0.25, 0.3) is 0 Å². The van der Waals surface area contributed by atoms with E-state index in [0.717, 1.165) is 17.3 Å². The van der Waals surface area contributed by atoms with Crippen LogP contribution in [0.3, 0.4) is 0 Å². The summed E-state index contributed by atoms with van der Waals surface area (Å²) in [5, 5.41) is 12.5. The Balaban J connectivity index is 1.90. The lowest BCUT2D eigenvalue weighted by molar-refractivity contribution is 0.565. The van der Waals surface area contributed by atoms with Gasteiger partial charge in [0.25, 0.3) is 0 Å². The number of tetrazole rings is 1. The van der Waals surface area contributed by atoms with Gasteiger partial charge in [0.2, 0.25) is 5.16 Å². The first-order valence-electron chi connectivity index (χ1n) is 4.38. The minimum Gasteiger partial charge on any atom is -0.217 e. The van der Waals surface area contributed by atoms with Crippen molar-refractivity contribution in [2.75, 3.05) is 11.6 Å². The Morgan fingerprint density at radius 3 is 3.08 bits per heavy atom. The molecule has 1 fully saturated rings. The standard InChI is InChI=1S/C7H11ClN4S/c8-4-1-5-13-7-9-10-11-12(7)6-2-3-6/h6H,1-5H2. The molecule has 4 nitrogen and oxygen atoms in total. The van der Waals surface area contributed by atoms with Crippen LogP contribution in [0.2, 0.25) is 0 Å². The zero-order chi connectivity index (χ0) is 9.10. The highest BCUT2D eigenvalue weighted by atomic mass is 35.5. The molecule has 0 radical (unpaired) electrons. The number of aromatic nitrogens is 4. The second-order valence-corrected chi connectivity index (χ2v) is 4.47. The van der Waals surface area contributed by atoms with Crippen molar-refractivity contribution in [2.45, 2.75) is 30.5 Å². The lowest BCUT2D eigenvalue weighted by Gasteiger charge is -1.99. The number of thioether (sulfide) groups is 1. The molecule has 2 rings (SSSR count). The summed E-state index contributed by atoms with van der Waals surface area (Å²) in [4.78, 5) is 0. The summed E-state index contributed by atoms with van der Waals surface area (Å²) in [5.41, 5.74) is 0. The average molecular weight is 219 g/mol. The number of nitrogens with zero attached hydrogens (tertiary/aromatic N) is 4. The Labute approximate surface area is 86.0 Å². The fraction of sp³-hybridized carbons (Fsp3) is 0.857. The van der Waals surface area contributed by atoms with Gasteiger partial charge in [0.1, 0.15) is 0 Å². The Hall–Kier alpha value is -0.290. The minimum absolute atomic E-state index is 0.563. The number of rotatable bonds is 5. The molecule has 1 aliphatic carbocycles. The Kier molecular flexibility index (Phi) is 3.05. The third-order valence-electron chi connectivity index (χ3n) is 1.86. The summed E-state index contributed by atoms with van der Waals surface area (Å²) in [5.74, 6) is 1.70. The minimum atomic E-state index is 0.563. The van der Waals surface area contributed by atoms with Crippen LogP contribution in [0, 0.1) is 0 Å². The summed E-state index contributed by atoms with van der Waals surface area (Å²) in [6, 6.07) is 0.563. The molecule has 6 heteroatoms. The maximum absolute atomic E-state index is 5.58. The Morgan fingerprint density at radius 2 is 2.38 bits per heavy atom. The van der Waals surface area contributed by atoms with Crippen LogP contribution in [-0.2, 0) is 0 Å². The van der Waals surface area contributed by atoms with Crippen LogP contribution in [-0.4, -0.2) is 31.8 Å². The summed E-state index contributed by atoms with van der Waals surface area (Å²) in [6.45, 7) is 0. The molecule has 0 spiro atoms. The van der Waals surface area contributed by atoms with Crippen molar-refractivity contribution in [3.05, 3.63) is 0 Å². The predicted octanol–water partition coefficient (Wildman–Crippen LogP) is 1.73. The highest BCUT2D eigenvalue weighted by Gasteiger charge is 2.27. The van der Waals surface area contributed by atoms with Crippen molar-refractivity contribution in [1.82, 2.24) is 20.2 Å². The zero-order valence-electron chi connectivity index (χ0n) is 7.19. The fourth-order valence-corrected chi connectivity index (χ4v) is 2.22. The van der Waals surface area contributed by atoms with Crippen LogP contribution < -0.4 is 0 Å². The van der Waals surface area contributed by atoms with Gasteiger partial charge in [-0.2, -0.15) is 0 Å². The normalized spacial score (nSPS) is 16.4. The first-order valence-corrected chi connectivity index (χ1v) is 5.90. The highest BCUT2D eigenvalue weighted by Crippen LogP contribution is 2.36. The molecule has 1 heterocycles. The zero-order valence-corrected chi connectivity index (χ0v) is 8.76. The average Bonchev–Trinajstić information content (AvgIpc) is 2.88. The molecule has 0 bridgehead atoms. The molecule has 1 aromatic heterocycles. The van der Waals surface area contributed by atoms with Crippen molar-refractivity contribution in [3.8, 4) is 0 Å². The molecule has 1 aliphatic rings.